The van der Waals surface area contributed by atoms with Gasteiger partial charge in [-0.25, -0.2) is 0 Å². The largest absolute Gasteiger partial charge is 0.481 e. The van der Waals surface area contributed by atoms with Crippen LogP contribution in [0.25, 0.3) is 0 Å². The Labute approximate surface area is 127 Å². The molecule has 1 amide bonds. The summed E-state index contributed by atoms with van der Waals surface area (Å²) in [6, 6.07) is 8.24. The van der Waals surface area contributed by atoms with Crippen molar-refractivity contribution in [2.75, 3.05) is 6.54 Å². The zero-order valence-corrected chi connectivity index (χ0v) is 13.0. The number of benzene rings is 1. The molecule has 21 heavy (non-hydrogen) atoms. The first-order valence-electron chi connectivity index (χ1n) is 7.95. The van der Waals surface area contributed by atoms with Gasteiger partial charge in [0.15, 0.2) is 6.10 Å². The zero-order chi connectivity index (χ0) is 15.1. The summed E-state index contributed by atoms with van der Waals surface area (Å²) >= 11 is 0. The number of hydrogen-bond acceptors (Lipinski definition) is 3. The minimum Gasteiger partial charge on any atom is -0.481 e. The minimum absolute atomic E-state index is 0.0152. The van der Waals surface area contributed by atoms with Gasteiger partial charge in [0.05, 0.1) is 0 Å². The Morgan fingerprint density at radius 2 is 1.95 bits per heavy atom. The molecule has 1 unspecified atom stereocenters. The molecule has 0 aromatic heterocycles. The fourth-order valence-electron chi connectivity index (χ4n) is 2.60. The molecule has 1 saturated carbocycles. The van der Waals surface area contributed by atoms with Crippen molar-refractivity contribution >= 4 is 5.91 Å². The molecule has 0 aliphatic heterocycles. The van der Waals surface area contributed by atoms with Crippen LogP contribution in [0.4, 0.5) is 0 Å². The highest BCUT2D eigenvalue weighted by Gasteiger charge is 2.21. The molecule has 0 saturated heterocycles. The van der Waals surface area contributed by atoms with Gasteiger partial charge in [0, 0.05) is 12.6 Å². The third-order valence-corrected chi connectivity index (χ3v) is 3.89. The molecular formula is C17H26N2O2. The standard InChI is InChI=1S/C17H26N2O2/c1-3-18-12-14-8-10-16(11-9-14)21-13(2)17(20)19-15-6-4-5-7-15/h8-11,13,15,18H,3-7,12H2,1-2H3,(H,19,20). The van der Waals surface area contributed by atoms with Crippen LogP contribution in [-0.2, 0) is 11.3 Å². The van der Waals surface area contributed by atoms with E-state index in [4.69, 9.17) is 4.74 Å². The van der Waals surface area contributed by atoms with Gasteiger partial charge in [-0.05, 0) is 44.0 Å². The van der Waals surface area contributed by atoms with Crippen LogP contribution in [0.3, 0.4) is 0 Å². The van der Waals surface area contributed by atoms with Crippen LogP contribution in [0, 0.1) is 0 Å². The fraction of sp³-hybridized carbons (Fsp3) is 0.588. The van der Waals surface area contributed by atoms with Crippen LogP contribution >= 0.6 is 0 Å². The van der Waals surface area contributed by atoms with Crippen molar-refractivity contribution in [3.05, 3.63) is 29.8 Å². The van der Waals surface area contributed by atoms with E-state index < -0.39 is 6.10 Å². The van der Waals surface area contributed by atoms with Gasteiger partial charge in [0.25, 0.3) is 5.91 Å². The molecule has 2 rings (SSSR count). The van der Waals surface area contributed by atoms with Crippen molar-refractivity contribution in [1.82, 2.24) is 10.6 Å². The SMILES string of the molecule is CCNCc1ccc(OC(C)C(=O)NC2CCCC2)cc1. The molecular weight excluding hydrogens is 264 g/mol. The second-order valence-corrected chi connectivity index (χ2v) is 5.67. The van der Waals surface area contributed by atoms with Gasteiger partial charge < -0.3 is 15.4 Å². The third-order valence-electron chi connectivity index (χ3n) is 3.89. The quantitative estimate of drug-likeness (QED) is 0.811. The summed E-state index contributed by atoms with van der Waals surface area (Å²) in [5, 5.41) is 6.34. The molecule has 116 valence electrons. The molecule has 1 aliphatic rings. The van der Waals surface area contributed by atoms with Crippen LogP contribution in [0.1, 0.15) is 45.1 Å². The Hall–Kier alpha value is -1.55. The van der Waals surface area contributed by atoms with Crippen LogP contribution in [0.5, 0.6) is 5.75 Å². The first-order chi connectivity index (χ1) is 10.2. The Morgan fingerprint density at radius 3 is 2.57 bits per heavy atom. The lowest BCUT2D eigenvalue weighted by Gasteiger charge is -2.18. The van der Waals surface area contributed by atoms with Crippen molar-refractivity contribution in [3.8, 4) is 5.75 Å². The molecule has 2 N–H and O–H groups in total. The van der Waals surface area contributed by atoms with E-state index >= 15 is 0 Å². The van der Waals surface area contributed by atoms with Crippen molar-refractivity contribution in [2.45, 2.75) is 58.2 Å². The summed E-state index contributed by atoms with van der Waals surface area (Å²) in [6.45, 7) is 5.70. The van der Waals surface area contributed by atoms with Gasteiger partial charge in [-0.1, -0.05) is 31.9 Å². The van der Waals surface area contributed by atoms with Gasteiger partial charge in [0.1, 0.15) is 5.75 Å². The van der Waals surface area contributed by atoms with E-state index in [2.05, 4.69) is 17.6 Å². The second-order valence-electron chi connectivity index (χ2n) is 5.67. The smallest absolute Gasteiger partial charge is 0.260 e. The molecule has 1 aromatic rings. The summed E-state index contributed by atoms with van der Waals surface area (Å²) < 4.78 is 5.71. The van der Waals surface area contributed by atoms with Crippen molar-refractivity contribution < 1.29 is 9.53 Å². The Kier molecular flexibility index (Phi) is 6.05. The van der Waals surface area contributed by atoms with Crippen molar-refractivity contribution in [1.29, 1.82) is 0 Å². The van der Waals surface area contributed by atoms with Gasteiger partial charge in [-0.15, -0.1) is 0 Å². The maximum absolute atomic E-state index is 12.1. The average Bonchev–Trinajstić information content (AvgIpc) is 2.99. The number of carbonyl (C=O) groups is 1. The molecule has 0 heterocycles. The number of carbonyl (C=O) groups excluding carboxylic acids is 1. The van der Waals surface area contributed by atoms with Crippen molar-refractivity contribution in [3.63, 3.8) is 0 Å². The Balaban J connectivity index is 1.80. The van der Waals surface area contributed by atoms with E-state index in [0.717, 1.165) is 31.7 Å². The van der Waals surface area contributed by atoms with Crippen LogP contribution < -0.4 is 15.4 Å². The number of ether oxygens (including phenoxy) is 1. The highest BCUT2D eigenvalue weighted by molar-refractivity contribution is 5.81. The normalized spacial score (nSPS) is 16.7. The van der Waals surface area contributed by atoms with E-state index in [1.807, 2.05) is 24.3 Å². The van der Waals surface area contributed by atoms with Crippen LogP contribution in [0.15, 0.2) is 24.3 Å². The molecule has 4 heteroatoms. The molecule has 0 radical (unpaired) electrons. The lowest BCUT2D eigenvalue weighted by atomic mass is 10.2. The number of amides is 1. The molecule has 0 bridgehead atoms. The second kappa shape index (κ2) is 8.03. The molecule has 1 atom stereocenters. The highest BCUT2D eigenvalue weighted by Crippen LogP contribution is 2.18. The maximum Gasteiger partial charge on any atom is 0.260 e. The Bertz CT molecular complexity index is 439. The maximum atomic E-state index is 12.1. The van der Waals surface area contributed by atoms with E-state index in [0.29, 0.717) is 6.04 Å². The summed E-state index contributed by atoms with van der Waals surface area (Å²) in [7, 11) is 0. The average molecular weight is 290 g/mol. The van der Waals surface area contributed by atoms with Gasteiger partial charge in [-0.3, -0.25) is 4.79 Å². The number of hydrogen-bond donors (Lipinski definition) is 2. The fourth-order valence-corrected chi connectivity index (χ4v) is 2.60. The molecule has 1 fully saturated rings. The topological polar surface area (TPSA) is 50.4 Å². The van der Waals surface area contributed by atoms with E-state index in [-0.39, 0.29) is 5.91 Å². The predicted molar refractivity (Wildman–Crippen MR) is 84.3 cm³/mol. The number of rotatable bonds is 7. The van der Waals surface area contributed by atoms with Gasteiger partial charge in [0.2, 0.25) is 0 Å². The highest BCUT2D eigenvalue weighted by atomic mass is 16.5. The lowest BCUT2D eigenvalue weighted by Crippen LogP contribution is -2.41. The lowest BCUT2D eigenvalue weighted by molar-refractivity contribution is -0.127. The molecule has 1 aromatic carbocycles. The summed E-state index contributed by atoms with van der Waals surface area (Å²) in [5.41, 5.74) is 1.22. The van der Waals surface area contributed by atoms with E-state index in [9.17, 15) is 4.79 Å². The van der Waals surface area contributed by atoms with Gasteiger partial charge in [-0.2, -0.15) is 0 Å². The van der Waals surface area contributed by atoms with Gasteiger partial charge >= 0.3 is 0 Å². The molecule has 0 spiro atoms. The zero-order valence-electron chi connectivity index (χ0n) is 13.0. The van der Waals surface area contributed by atoms with Crippen LogP contribution in [0.2, 0.25) is 0 Å². The first kappa shape index (κ1) is 15.8. The van der Waals surface area contributed by atoms with Crippen LogP contribution in [-0.4, -0.2) is 24.6 Å². The number of nitrogens with one attached hydrogen (secondary N) is 2. The Morgan fingerprint density at radius 1 is 1.29 bits per heavy atom. The molecule has 4 nitrogen and oxygen atoms in total. The first-order valence-corrected chi connectivity index (χ1v) is 7.95. The van der Waals surface area contributed by atoms with E-state index in [1.54, 1.807) is 6.92 Å². The van der Waals surface area contributed by atoms with E-state index in [1.165, 1.54) is 18.4 Å². The summed E-state index contributed by atoms with van der Waals surface area (Å²) in [6.07, 6.45) is 4.17. The van der Waals surface area contributed by atoms with Crippen molar-refractivity contribution in [2.24, 2.45) is 0 Å². The predicted octanol–water partition coefficient (Wildman–Crippen LogP) is 2.62. The molecule has 1 aliphatic carbocycles. The third kappa shape index (κ3) is 5.05. The minimum atomic E-state index is -0.454. The monoisotopic (exact) mass is 290 g/mol. The summed E-state index contributed by atoms with van der Waals surface area (Å²) in [5.74, 6) is 0.725. The summed E-state index contributed by atoms with van der Waals surface area (Å²) in [4.78, 5) is 12.1.